The number of aryl methyl sites for hydroxylation is 1. The summed E-state index contributed by atoms with van der Waals surface area (Å²) < 4.78 is 26.1. The Morgan fingerprint density at radius 3 is 2.73 bits per heavy atom. The number of carbonyl (C=O) groups excluding carboxylic acids is 1. The third-order valence-electron chi connectivity index (χ3n) is 3.96. The maximum atomic E-state index is 12.7. The van der Waals surface area contributed by atoms with Gasteiger partial charge in [0.1, 0.15) is 0 Å². The normalized spacial score (nSPS) is 18.1. The number of piperidine rings is 1. The standard InChI is InChI=1S/C14H22F2N4O.ClH/c1-9-12(10(2)20(19-9)14(15)16)7-13(21)18-8-11-5-3-4-6-17-11;/h11,14,17H,3-8H2,1-2H3,(H,18,21);1H. The van der Waals surface area contributed by atoms with Crippen molar-refractivity contribution in [2.24, 2.45) is 0 Å². The van der Waals surface area contributed by atoms with Crippen LogP contribution in [0.2, 0.25) is 0 Å². The molecule has 1 aliphatic rings. The van der Waals surface area contributed by atoms with Gasteiger partial charge >= 0.3 is 6.55 Å². The van der Waals surface area contributed by atoms with E-state index in [0.29, 0.717) is 34.2 Å². The quantitative estimate of drug-likeness (QED) is 0.866. The molecule has 1 unspecified atom stereocenters. The lowest BCUT2D eigenvalue weighted by atomic mass is 10.0. The number of carbonyl (C=O) groups is 1. The Morgan fingerprint density at radius 2 is 2.18 bits per heavy atom. The van der Waals surface area contributed by atoms with Gasteiger partial charge in [0.2, 0.25) is 5.91 Å². The van der Waals surface area contributed by atoms with E-state index in [2.05, 4.69) is 15.7 Å². The summed E-state index contributed by atoms with van der Waals surface area (Å²) in [5, 5.41) is 10.0. The Kier molecular flexibility index (Phi) is 7.22. The molecule has 2 rings (SSSR count). The van der Waals surface area contributed by atoms with Gasteiger partial charge in [0.15, 0.2) is 0 Å². The molecule has 0 radical (unpaired) electrons. The fraction of sp³-hybridized carbons (Fsp3) is 0.714. The number of nitrogens with zero attached hydrogens (tertiary/aromatic N) is 2. The van der Waals surface area contributed by atoms with Crippen LogP contribution in [0.1, 0.15) is 42.8 Å². The SMILES string of the molecule is Cc1nn(C(F)F)c(C)c1CC(=O)NCC1CCCCN1.Cl. The lowest BCUT2D eigenvalue weighted by Crippen LogP contribution is -2.43. The first kappa shape index (κ1) is 18.8. The second-order valence-electron chi connectivity index (χ2n) is 5.50. The minimum absolute atomic E-state index is 0. The largest absolute Gasteiger partial charge is 0.354 e. The fourth-order valence-electron chi connectivity index (χ4n) is 2.70. The third-order valence-corrected chi connectivity index (χ3v) is 3.96. The molecule has 1 amide bonds. The minimum atomic E-state index is -2.67. The highest BCUT2D eigenvalue weighted by atomic mass is 35.5. The summed E-state index contributed by atoms with van der Waals surface area (Å²) >= 11 is 0. The van der Waals surface area contributed by atoms with Crippen LogP contribution in [0.15, 0.2) is 0 Å². The van der Waals surface area contributed by atoms with E-state index in [4.69, 9.17) is 0 Å². The molecule has 0 saturated carbocycles. The first-order valence-electron chi connectivity index (χ1n) is 7.32. The van der Waals surface area contributed by atoms with E-state index in [9.17, 15) is 13.6 Å². The third kappa shape index (κ3) is 4.64. The molecule has 0 aliphatic carbocycles. The van der Waals surface area contributed by atoms with Gasteiger partial charge in [-0.2, -0.15) is 13.9 Å². The smallest absolute Gasteiger partial charge is 0.333 e. The average molecular weight is 337 g/mol. The lowest BCUT2D eigenvalue weighted by molar-refractivity contribution is -0.120. The van der Waals surface area contributed by atoms with E-state index in [1.807, 2.05) is 0 Å². The molecule has 1 aromatic heterocycles. The second kappa shape index (κ2) is 8.43. The van der Waals surface area contributed by atoms with Crippen molar-refractivity contribution in [3.05, 3.63) is 17.0 Å². The molecule has 22 heavy (non-hydrogen) atoms. The van der Waals surface area contributed by atoms with E-state index >= 15 is 0 Å². The van der Waals surface area contributed by atoms with Gasteiger partial charge in [-0.05, 0) is 33.2 Å². The number of alkyl halides is 2. The highest BCUT2D eigenvalue weighted by Gasteiger charge is 2.20. The Bertz CT molecular complexity index is 501. The topological polar surface area (TPSA) is 59.0 Å². The van der Waals surface area contributed by atoms with Crippen LogP contribution in [0.25, 0.3) is 0 Å². The van der Waals surface area contributed by atoms with Gasteiger partial charge < -0.3 is 10.6 Å². The maximum Gasteiger partial charge on any atom is 0.333 e. The summed E-state index contributed by atoms with van der Waals surface area (Å²) in [6, 6.07) is 0.314. The van der Waals surface area contributed by atoms with Crippen molar-refractivity contribution in [3.63, 3.8) is 0 Å². The predicted molar refractivity (Wildman–Crippen MR) is 82.6 cm³/mol. The predicted octanol–water partition coefficient (Wildman–Crippen LogP) is 2.12. The highest BCUT2D eigenvalue weighted by Crippen LogP contribution is 2.19. The number of halogens is 3. The monoisotopic (exact) mass is 336 g/mol. The first-order valence-corrected chi connectivity index (χ1v) is 7.32. The molecule has 0 spiro atoms. The van der Waals surface area contributed by atoms with Crippen molar-refractivity contribution in [1.82, 2.24) is 20.4 Å². The summed E-state index contributed by atoms with van der Waals surface area (Å²) in [6.07, 6.45) is 3.50. The van der Waals surface area contributed by atoms with E-state index in [0.717, 1.165) is 13.0 Å². The molecule has 2 N–H and O–H groups in total. The Labute approximate surface area is 135 Å². The van der Waals surface area contributed by atoms with Crippen LogP contribution in [0.3, 0.4) is 0 Å². The Balaban J connectivity index is 0.00000242. The molecule has 0 aromatic carbocycles. The number of amides is 1. The van der Waals surface area contributed by atoms with Crippen LogP contribution in [0, 0.1) is 13.8 Å². The molecule has 1 saturated heterocycles. The number of aromatic nitrogens is 2. The van der Waals surface area contributed by atoms with E-state index in [1.165, 1.54) is 12.8 Å². The zero-order chi connectivity index (χ0) is 15.4. The van der Waals surface area contributed by atoms with Gasteiger partial charge in [-0.3, -0.25) is 4.79 Å². The molecule has 5 nitrogen and oxygen atoms in total. The molecule has 8 heteroatoms. The second-order valence-corrected chi connectivity index (χ2v) is 5.50. The highest BCUT2D eigenvalue weighted by molar-refractivity contribution is 5.85. The maximum absolute atomic E-state index is 12.7. The molecule has 2 heterocycles. The molecule has 1 atom stereocenters. The van der Waals surface area contributed by atoms with Crippen LogP contribution in [0.5, 0.6) is 0 Å². The number of rotatable bonds is 5. The molecule has 0 bridgehead atoms. The van der Waals surface area contributed by atoms with Crippen molar-refractivity contribution in [1.29, 1.82) is 0 Å². The van der Waals surface area contributed by atoms with Gasteiger partial charge in [-0.25, -0.2) is 4.68 Å². The molecule has 1 fully saturated rings. The summed E-state index contributed by atoms with van der Waals surface area (Å²) in [4.78, 5) is 12.0. The van der Waals surface area contributed by atoms with Crippen molar-refractivity contribution in [2.75, 3.05) is 13.1 Å². The lowest BCUT2D eigenvalue weighted by Gasteiger charge is -2.23. The van der Waals surface area contributed by atoms with Crippen LogP contribution in [-0.4, -0.2) is 34.8 Å². The van der Waals surface area contributed by atoms with E-state index < -0.39 is 6.55 Å². The van der Waals surface area contributed by atoms with Crippen molar-refractivity contribution < 1.29 is 13.6 Å². The molecule has 1 aliphatic heterocycles. The summed E-state index contributed by atoms with van der Waals surface area (Å²) in [6.45, 7) is 2.11. The first-order chi connectivity index (χ1) is 9.99. The van der Waals surface area contributed by atoms with Gasteiger partial charge in [0.05, 0.1) is 12.1 Å². The van der Waals surface area contributed by atoms with E-state index in [1.54, 1.807) is 13.8 Å². The van der Waals surface area contributed by atoms with Crippen molar-refractivity contribution in [3.8, 4) is 0 Å². The van der Waals surface area contributed by atoms with Gasteiger partial charge in [-0.15, -0.1) is 12.4 Å². The van der Waals surface area contributed by atoms with Gasteiger partial charge in [-0.1, -0.05) is 6.42 Å². The average Bonchev–Trinajstić information content (AvgIpc) is 2.74. The zero-order valence-corrected chi connectivity index (χ0v) is 13.7. The van der Waals surface area contributed by atoms with Crippen molar-refractivity contribution >= 4 is 18.3 Å². The molecular formula is C14H23ClF2N4O. The van der Waals surface area contributed by atoms with Gasteiger partial charge in [0, 0.05) is 23.8 Å². The number of hydrogen-bond donors (Lipinski definition) is 2. The van der Waals surface area contributed by atoms with Crippen LogP contribution >= 0.6 is 12.4 Å². The van der Waals surface area contributed by atoms with Gasteiger partial charge in [0.25, 0.3) is 0 Å². The Hall–Kier alpha value is -1.21. The molecule has 126 valence electrons. The molecular weight excluding hydrogens is 314 g/mol. The van der Waals surface area contributed by atoms with Crippen LogP contribution < -0.4 is 10.6 Å². The summed E-state index contributed by atoms with van der Waals surface area (Å²) in [5.74, 6) is -0.151. The number of hydrogen-bond acceptors (Lipinski definition) is 3. The summed E-state index contributed by atoms with van der Waals surface area (Å²) in [5.41, 5.74) is 1.43. The fourth-order valence-corrected chi connectivity index (χ4v) is 2.70. The van der Waals surface area contributed by atoms with Crippen molar-refractivity contribution in [2.45, 2.75) is 52.1 Å². The summed E-state index contributed by atoms with van der Waals surface area (Å²) in [7, 11) is 0. The zero-order valence-electron chi connectivity index (χ0n) is 12.9. The Morgan fingerprint density at radius 1 is 1.45 bits per heavy atom. The van der Waals surface area contributed by atoms with E-state index in [-0.39, 0.29) is 24.7 Å². The molecule has 1 aromatic rings. The van der Waals surface area contributed by atoms with Crippen LogP contribution in [0.4, 0.5) is 8.78 Å². The van der Waals surface area contributed by atoms with Crippen LogP contribution in [-0.2, 0) is 11.2 Å². The number of nitrogens with one attached hydrogen (secondary N) is 2. The minimum Gasteiger partial charge on any atom is -0.354 e.